The second-order valence-electron chi connectivity index (χ2n) is 8.32. The third-order valence-electron chi connectivity index (χ3n) is 6.43. The highest BCUT2D eigenvalue weighted by Gasteiger charge is 2.40. The van der Waals surface area contributed by atoms with Crippen LogP contribution in [0.2, 0.25) is 0 Å². The molecular weight excluding hydrogens is 350 g/mol. The fraction of sp³-hybridized carbons (Fsp3) is 0.565. The number of benzene rings is 1. The molecule has 0 radical (unpaired) electrons. The zero-order valence-corrected chi connectivity index (χ0v) is 16.6. The maximum Gasteiger partial charge on any atom is 0.228 e. The lowest BCUT2D eigenvalue weighted by atomic mass is 10.1. The molecule has 3 fully saturated rings. The molecule has 3 aliphatic rings. The number of piperazine rings is 1. The van der Waals surface area contributed by atoms with E-state index >= 15 is 0 Å². The van der Waals surface area contributed by atoms with Crippen molar-refractivity contribution in [1.82, 2.24) is 14.7 Å². The van der Waals surface area contributed by atoms with Crippen molar-refractivity contribution in [3.8, 4) is 0 Å². The van der Waals surface area contributed by atoms with Gasteiger partial charge in [-0.25, -0.2) is 0 Å². The smallest absolute Gasteiger partial charge is 0.228 e. The Morgan fingerprint density at radius 3 is 2.46 bits per heavy atom. The standard InChI is InChI=1S/C23H31N3O2/c27-22-17-20(18-26(22)21-10-4-5-11-21)23(28)25-15-13-24(14-16-25)12-6-9-19-7-2-1-3-8-19/h1-3,6-9,20-21H,4-5,10-18H2/b9-6+/t20-/m1/s1. The van der Waals surface area contributed by atoms with Gasteiger partial charge in [0, 0.05) is 51.7 Å². The Balaban J connectivity index is 1.23. The van der Waals surface area contributed by atoms with Crippen LogP contribution in [0, 0.1) is 5.92 Å². The minimum Gasteiger partial charge on any atom is -0.340 e. The molecule has 0 N–H and O–H groups in total. The first kappa shape index (κ1) is 19.2. The first-order valence-electron chi connectivity index (χ1n) is 10.7. The molecule has 0 aromatic heterocycles. The maximum absolute atomic E-state index is 12.9. The van der Waals surface area contributed by atoms with Crippen molar-refractivity contribution in [2.75, 3.05) is 39.3 Å². The van der Waals surface area contributed by atoms with Crippen LogP contribution in [-0.4, -0.2) is 71.8 Å². The van der Waals surface area contributed by atoms with Gasteiger partial charge in [0.1, 0.15) is 0 Å². The summed E-state index contributed by atoms with van der Waals surface area (Å²) in [5.41, 5.74) is 1.22. The van der Waals surface area contributed by atoms with Crippen LogP contribution in [0.15, 0.2) is 36.4 Å². The van der Waals surface area contributed by atoms with Gasteiger partial charge in [0.2, 0.25) is 11.8 Å². The molecular formula is C23H31N3O2. The topological polar surface area (TPSA) is 43.9 Å². The molecule has 150 valence electrons. The molecule has 2 saturated heterocycles. The van der Waals surface area contributed by atoms with Crippen LogP contribution in [0.4, 0.5) is 0 Å². The quantitative estimate of drug-likeness (QED) is 0.788. The molecule has 1 saturated carbocycles. The molecule has 5 heteroatoms. The summed E-state index contributed by atoms with van der Waals surface area (Å²) < 4.78 is 0. The zero-order chi connectivity index (χ0) is 19.3. The molecule has 2 aliphatic heterocycles. The zero-order valence-electron chi connectivity index (χ0n) is 16.6. The minimum atomic E-state index is -0.127. The first-order chi connectivity index (χ1) is 13.7. The molecule has 1 atom stereocenters. The summed E-state index contributed by atoms with van der Waals surface area (Å²) in [5, 5.41) is 0. The normalized spacial score (nSPS) is 24.6. The molecule has 28 heavy (non-hydrogen) atoms. The van der Waals surface area contributed by atoms with Crippen molar-refractivity contribution in [3.63, 3.8) is 0 Å². The van der Waals surface area contributed by atoms with Crippen molar-refractivity contribution in [1.29, 1.82) is 0 Å². The van der Waals surface area contributed by atoms with Crippen LogP contribution in [0.3, 0.4) is 0 Å². The number of hydrogen-bond donors (Lipinski definition) is 0. The third-order valence-corrected chi connectivity index (χ3v) is 6.43. The van der Waals surface area contributed by atoms with Gasteiger partial charge in [-0.1, -0.05) is 55.3 Å². The molecule has 0 bridgehead atoms. The van der Waals surface area contributed by atoms with Gasteiger partial charge < -0.3 is 9.80 Å². The molecule has 1 aromatic carbocycles. The van der Waals surface area contributed by atoms with Gasteiger partial charge >= 0.3 is 0 Å². The average Bonchev–Trinajstić information content (AvgIpc) is 3.38. The van der Waals surface area contributed by atoms with Crippen LogP contribution in [0.25, 0.3) is 6.08 Å². The Kier molecular flexibility index (Phi) is 6.10. The van der Waals surface area contributed by atoms with E-state index in [4.69, 9.17) is 0 Å². The number of nitrogens with zero attached hydrogens (tertiary/aromatic N) is 3. The van der Waals surface area contributed by atoms with Crippen LogP contribution < -0.4 is 0 Å². The lowest BCUT2D eigenvalue weighted by Crippen LogP contribution is -2.50. The van der Waals surface area contributed by atoms with E-state index in [9.17, 15) is 9.59 Å². The number of carbonyl (C=O) groups excluding carboxylic acids is 2. The Bertz CT molecular complexity index is 704. The Morgan fingerprint density at radius 2 is 1.75 bits per heavy atom. The van der Waals surface area contributed by atoms with Gasteiger partial charge in [-0.15, -0.1) is 0 Å². The second-order valence-corrected chi connectivity index (χ2v) is 8.32. The van der Waals surface area contributed by atoms with Gasteiger partial charge in [0.05, 0.1) is 5.92 Å². The Morgan fingerprint density at radius 1 is 1.04 bits per heavy atom. The Hall–Kier alpha value is -2.14. The van der Waals surface area contributed by atoms with Crippen molar-refractivity contribution < 1.29 is 9.59 Å². The average molecular weight is 382 g/mol. The number of carbonyl (C=O) groups is 2. The van der Waals surface area contributed by atoms with Gasteiger partial charge in [-0.05, 0) is 18.4 Å². The number of hydrogen-bond acceptors (Lipinski definition) is 3. The molecule has 0 spiro atoms. The summed E-state index contributed by atoms with van der Waals surface area (Å²) in [4.78, 5) is 31.7. The predicted octanol–water partition coefficient (Wildman–Crippen LogP) is 2.64. The fourth-order valence-electron chi connectivity index (χ4n) is 4.78. The van der Waals surface area contributed by atoms with Crippen molar-refractivity contribution in [2.24, 2.45) is 5.92 Å². The van der Waals surface area contributed by atoms with Gasteiger partial charge in [0.25, 0.3) is 0 Å². The predicted molar refractivity (Wildman–Crippen MR) is 111 cm³/mol. The summed E-state index contributed by atoms with van der Waals surface area (Å²) in [7, 11) is 0. The largest absolute Gasteiger partial charge is 0.340 e. The number of likely N-dealkylation sites (tertiary alicyclic amines) is 1. The van der Waals surface area contributed by atoms with Gasteiger partial charge in [0.15, 0.2) is 0 Å². The third kappa shape index (κ3) is 4.46. The summed E-state index contributed by atoms with van der Waals surface area (Å²) in [5.74, 6) is 0.251. The minimum absolute atomic E-state index is 0.127. The molecule has 1 aromatic rings. The highest BCUT2D eigenvalue weighted by molar-refractivity contribution is 5.89. The lowest BCUT2D eigenvalue weighted by molar-refractivity contribution is -0.137. The Labute approximate surface area is 168 Å². The van der Waals surface area contributed by atoms with E-state index in [0.717, 1.165) is 45.6 Å². The van der Waals surface area contributed by atoms with Gasteiger partial charge in [-0.3, -0.25) is 14.5 Å². The van der Waals surface area contributed by atoms with Crippen LogP contribution in [0.5, 0.6) is 0 Å². The molecule has 0 unspecified atom stereocenters. The van der Waals surface area contributed by atoms with Crippen LogP contribution in [-0.2, 0) is 9.59 Å². The summed E-state index contributed by atoms with van der Waals surface area (Å²) in [6.45, 7) is 4.89. The number of amides is 2. The van der Waals surface area contributed by atoms with Crippen molar-refractivity contribution in [3.05, 3.63) is 42.0 Å². The summed E-state index contributed by atoms with van der Waals surface area (Å²) in [6.07, 6.45) is 9.42. The molecule has 5 nitrogen and oxygen atoms in total. The van der Waals surface area contributed by atoms with E-state index in [2.05, 4.69) is 29.2 Å². The van der Waals surface area contributed by atoms with Crippen LogP contribution in [0.1, 0.15) is 37.7 Å². The van der Waals surface area contributed by atoms with E-state index < -0.39 is 0 Å². The first-order valence-corrected chi connectivity index (χ1v) is 10.7. The van der Waals surface area contributed by atoms with E-state index in [0.29, 0.717) is 19.0 Å². The fourth-order valence-corrected chi connectivity index (χ4v) is 4.78. The van der Waals surface area contributed by atoms with E-state index in [1.165, 1.54) is 18.4 Å². The molecule has 2 amide bonds. The van der Waals surface area contributed by atoms with E-state index in [1.54, 1.807) is 0 Å². The van der Waals surface area contributed by atoms with E-state index in [-0.39, 0.29) is 17.7 Å². The van der Waals surface area contributed by atoms with Crippen LogP contribution >= 0.6 is 0 Å². The van der Waals surface area contributed by atoms with E-state index in [1.807, 2.05) is 28.0 Å². The highest BCUT2D eigenvalue weighted by Crippen LogP contribution is 2.30. The molecule has 1 aliphatic carbocycles. The van der Waals surface area contributed by atoms with Gasteiger partial charge in [-0.2, -0.15) is 0 Å². The highest BCUT2D eigenvalue weighted by atomic mass is 16.2. The maximum atomic E-state index is 12.9. The number of rotatable bonds is 5. The summed E-state index contributed by atoms with van der Waals surface area (Å²) in [6, 6.07) is 10.7. The summed E-state index contributed by atoms with van der Waals surface area (Å²) >= 11 is 0. The molecule has 4 rings (SSSR count). The monoisotopic (exact) mass is 381 g/mol. The lowest BCUT2D eigenvalue weighted by Gasteiger charge is -2.35. The molecule has 2 heterocycles. The van der Waals surface area contributed by atoms with Crippen molar-refractivity contribution in [2.45, 2.75) is 38.1 Å². The van der Waals surface area contributed by atoms with Crippen molar-refractivity contribution >= 4 is 17.9 Å². The SMILES string of the molecule is O=C([C@@H]1CC(=O)N(C2CCCC2)C1)N1CCN(C/C=C/c2ccccc2)CC1. The second kappa shape index (κ2) is 8.91.